The summed E-state index contributed by atoms with van der Waals surface area (Å²) in [7, 11) is 1.47. The molecule has 0 atom stereocenters. The molecule has 0 aliphatic heterocycles. The summed E-state index contributed by atoms with van der Waals surface area (Å²) in [6, 6.07) is 9.74. The van der Waals surface area contributed by atoms with Gasteiger partial charge in [0.2, 0.25) is 0 Å². The van der Waals surface area contributed by atoms with E-state index < -0.39 is 5.82 Å². The first-order valence-electron chi connectivity index (χ1n) is 5.71. The molecule has 5 heteroatoms. The number of aromatic nitrogens is 2. The zero-order valence-corrected chi connectivity index (χ0v) is 10.1. The maximum atomic E-state index is 13.6. The van der Waals surface area contributed by atoms with Gasteiger partial charge in [-0.2, -0.15) is 0 Å². The van der Waals surface area contributed by atoms with Crippen LogP contribution in [0.15, 0.2) is 36.4 Å². The first-order chi connectivity index (χ1) is 9.20. The van der Waals surface area contributed by atoms with Crippen LogP contribution in [-0.2, 0) is 0 Å². The second kappa shape index (κ2) is 4.28. The van der Waals surface area contributed by atoms with Gasteiger partial charge in [-0.3, -0.25) is 0 Å². The first kappa shape index (κ1) is 11.5. The number of aromatic amines is 1. The molecular formula is C14H11FN2O2. The number of phenols is 1. The molecule has 3 aromatic rings. The van der Waals surface area contributed by atoms with E-state index in [1.807, 2.05) is 0 Å². The summed E-state index contributed by atoms with van der Waals surface area (Å²) >= 11 is 0. The van der Waals surface area contributed by atoms with Crippen molar-refractivity contribution in [1.29, 1.82) is 0 Å². The molecule has 1 heterocycles. The summed E-state index contributed by atoms with van der Waals surface area (Å²) in [6.45, 7) is 0. The molecule has 0 spiro atoms. The molecule has 96 valence electrons. The molecule has 1 aromatic heterocycles. The zero-order chi connectivity index (χ0) is 13.4. The van der Waals surface area contributed by atoms with Crippen LogP contribution >= 0.6 is 0 Å². The fourth-order valence-electron chi connectivity index (χ4n) is 2.00. The van der Waals surface area contributed by atoms with Crippen molar-refractivity contribution in [3.63, 3.8) is 0 Å². The molecule has 0 radical (unpaired) electrons. The van der Waals surface area contributed by atoms with Crippen LogP contribution in [0.2, 0.25) is 0 Å². The smallest absolute Gasteiger partial charge is 0.168 e. The van der Waals surface area contributed by atoms with Gasteiger partial charge in [0.05, 0.1) is 18.2 Å². The van der Waals surface area contributed by atoms with Crippen LogP contribution in [0.1, 0.15) is 0 Å². The van der Waals surface area contributed by atoms with Gasteiger partial charge in [-0.1, -0.05) is 12.1 Å². The molecule has 4 nitrogen and oxygen atoms in total. The Bertz CT molecular complexity index is 752. The molecule has 0 saturated carbocycles. The van der Waals surface area contributed by atoms with E-state index in [-0.39, 0.29) is 11.3 Å². The summed E-state index contributed by atoms with van der Waals surface area (Å²) in [6.07, 6.45) is 0. The Hall–Kier alpha value is -2.56. The number of fused-ring (bicyclic) bond motifs is 1. The van der Waals surface area contributed by atoms with E-state index in [1.165, 1.54) is 13.2 Å². The van der Waals surface area contributed by atoms with Crippen LogP contribution in [0, 0.1) is 5.82 Å². The minimum Gasteiger partial charge on any atom is -0.504 e. The van der Waals surface area contributed by atoms with Crippen LogP contribution in [0.4, 0.5) is 4.39 Å². The Kier molecular flexibility index (Phi) is 2.59. The van der Waals surface area contributed by atoms with Crippen LogP contribution in [-0.4, -0.2) is 22.2 Å². The molecule has 19 heavy (non-hydrogen) atoms. The zero-order valence-electron chi connectivity index (χ0n) is 10.1. The number of nitrogens with one attached hydrogen (secondary N) is 1. The lowest BCUT2D eigenvalue weighted by Crippen LogP contribution is -1.87. The Morgan fingerprint density at radius 1 is 1.21 bits per heavy atom. The number of nitrogens with zero attached hydrogens (tertiary/aromatic N) is 1. The van der Waals surface area contributed by atoms with Gasteiger partial charge >= 0.3 is 0 Å². The Balaban J connectivity index is 2.22. The molecule has 0 unspecified atom stereocenters. The maximum Gasteiger partial charge on any atom is 0.168 e. The van der Waals surface area contributed by atoms with Crippen LogP contribution < -0.4 is 4.74 Å². The van der Waals surface area contributed by atoms with E-state index >= 15 is 0 Å². The highest BCUT2D eigenvalue weighted by atomic mass is 19.1. The van der Waals surface area contributed by atoms with Gasteiger partial charge in [-0.05, 0) is 24.3 Å². The second-order valence-electron chi connectivity index (χ2n) is 4.08. The fourth-order valence-corrected chi connectivity index (χ4v) is 2.00. The number of halogens is 1. The van der Waals surface area contributed by atoms with Gasteiger partial charge in [0.1, 0.15) is 11.3 Å². The molecular weight excluding hydrogens is 247 g/mol. The number of aromatic hydroxyl groups is 1. The standard InChI is InChI=1S/C14H11FN2O2/c1-19-11-7-2-4-8(13(11)18)14-16-10-6-3-5-9(15)12(10)17-14/h2-7,18H,1H3,(H,16,17). The average Bonchev–Trinajstić information content (AvgIpc) is 2.84. The number of methoxy groups -OCH3 is 1. The summed E-state index contributed by atoms with van der Waals surface area (Å²) in [5.74, 6) is 0.321. The van der Waals surface area contributed by atoms with E-state index in [0.29, 0.717) is 22.7 Å². The summed E-state index contributed by atoms with van der Waals surface area (Å²) in [5, 5.41) is 10.1. The predicted octanol–water partition coefficient (Wildman–Crippen LogP) is 3.08. The molecule has 0 fully saturated rings. The molecule has 2 N–H and O–H groups in total. The van der Waals surface area contributed by atoms with Gasteiger partial charge in [0.15, 0.2) is 17.3 Å². The van der Waals surface area contributed by atoms with Crippen molar-refractivity contribution in [2.45, 2.75) is 0 Å². The molecule has 0 bridgehead atoms. The Morgan fingerprint density at radius 3 is 2.74 bits per heavy atom. The largest absolute Gasteiger partial charge is 0.504 e. The second-order valence-corrected chi connectivity index (χ2v) is 4.08. The van der Waals surface area contributed by atoms with Crippen molar-refractivity contribution in [3.8, 4) is 22.9 Å². The lowest BCUT2D eigenvalue weighted by atomic mass is 10.2. The van der Waals surface area contributed by atoms with Crippen molar-refractivity contribution in [2.24, 2.45) is 0 Å². The minimum absolute atomic E-state index is 0.0236. The van der Waals surface area contributed by atoms with E-state index in [9.17, 15) is 9.50 Å². The molecule has 0 aliphatic carbocycles. The number of hydrogen-bond acceptors (Lipinski definition) is 3. The topological polar surface area (TPSA) is 58.1 Å². The maximum absolute atomic E-state index is 13.6. The summed E-state index contributed by atoms with van der Waals surface area (Å²) < 4.78 is 18.6. The summed E-state index contributed by atoms with van der Waals surface area (Å²) in [5.41, 5.74) is 1.30. The number of imidazole rings is 1. The number of H-pyrrole nitrogens is 1. The van der Waals surface area contributed by atoms with E-state index in [2.05, 4.69) is 9.97 Å². The Labute approximate surface area is 108 Å². The van der Waals surface area contributed by atoms with Crippen molar-refractivity contribution in [3.05, 3.63) is 42.2 Å². The van der Waals surface area contributed by atoms with Crippen molar-refractivity contribution in [1.82, 2.24) is 9.97 Å². The van der Waals surface area contributed by atoms with Crippen molar-refractivity contribution < 1.29 is 14.2 Å². The van der Waals surface area contributed by atoms with Crippen LogP contribution in [0.25, 0.3) is 22.4 Å². The number of phenolic OH excluding ortho intramolecular Hbond substituents is 1. The molecule has 3 rings (SSSR count). The monoisotopic (exact) mass is 258 g/mol. The molecule has 0 amide bonds. The number of benzene rings is 2. The van der Waals surface area contributed by atoms with Gasteiger partial charge in [0.25, 0.3) is 0 Å². The van der Waals surface area contributed by atoms with Gasteiger partial charge in [-0.25, -0.2) is 9.37 Å². The van der Waals surface area contributed by atoms with Crippen molar-refractivity contribution >= 4 is 11.0 Å². The quantitative estimate of drug-likeness (QED) is 0.742. The Morgan fingerprint density at radius 2 is 2.00 bits per heavy atom. The number of ether oxygens (including phenoxy) is 1. The van der Waals surface area contributed by atoms with E-state index in [4.69, 9.17) is 4.74 Å². The minimum atomic E-state index is -0.401. The highest BCUT2D eigenvalue weighted by Crippen LogP contribution is 2.36. The third-order valence-corrected chi connectivity index (χ3v) is 2.94. The van der Waals surface area contributed by atoms with E-state index in [1.54, 1.807) is 30.3 Å². The molecule has 0 saturated heterocycles. The highest BCUT2D eigenvalue weighted by Gasteiger charge is 2.14. The summed E-state index contributed by atoms with van der Waals surface area (Å²) in [4.78, 5) is 7.15. The number of rotatable bonds is 2. The van der Waals surface area contributed by atoms with Crippen molar-refractivity contribution in [2.75, 3.05) is 7.11 Å². The first-order valence-corrected chi connectivity index (χ1v) is 5.71. The van der Waals surface area contributed by atoms with E-state index in [0.717, 1.165) is 0 Å². The average molecular weight is 258 g/mol. The molecule has 0 aliphatic rings. The third kappa shape index (κ3) is 1.79. The van der Waals surface area contributed by atoms with Gasteiger partial charge in [0, 0.05) is 0 Å². The van der Waals surface area contributed by atoms with Crippen LogP contribution in [0.3, 0.4) is 0 Å². The van der Waals surface area contributed by atoms with Gasteiger partial charge in [-0.15, -0.1) is 0 Å². The van der Waals surface area contributed by atoms with Gasteiger partial charge < -0.3 is 14.8 Å². The normalized spacial score (nSPS) is 10.8. The SMILES string of the molecule is COc1cccc(-c2nc3c(F)cccc3[nH]2)c1O. The lowest BCUT2D eigenvalue weighted by molar-refractivity contribution is 0.374. The lowest BCUT2D eigenvalue weighted by Gasteiger charge is -2.06. The third-order valence-electron chi connectivity index (χ3n) is 2.94. The highest BCUT2D eigenvalue weighted by molar-refractivity contribution is 5.81. The fraction of sp³-hybridized carbons (Fsp3) is 0.0714. The molecule has 2 aromatic carbocycles. The number of hydrogen-bond donors (Lipinski definition) is 2. The predicted molar refractivity (Wildman–Crippen MR) is 69.7 cm³/mol. The number of para-hydroxylation sites is 2. The van der Waals surface area contributed by atoms with Crippen LogP contribution in [0.5, 0.6) is 11.5 Å².